The highest BCUT2D eigenvalue weighted by Gasteiger charge is 2.22. The van der Waals surface area contributed by atoms with Gasteiger partial charge in [-0.15, -0.1) is 0 Å². The Labute approximate surface area is 170 Å². The Morgan fingerprint density at radius 1 is 1.17 bits per heavy atom. The first-order chi connectivity index (χ1) is 14.2. The second-order valence-corrected chi connectivity index (χ2v) is 7.16. The minimum atomic E-state index is -1.13. The number of anilines is 3. The van der Waals surface area contributed by atoms with Crippen molar-refractivity contribution in [1.82, 2.24) is 19.5 Å². The van der Waals surface area contributed by atoms with Gasteiger partial charge in [0.1, 0.15) is 17.0 Å². The van der Waals surface area contributed by atoms with E-state index in [0.29, 0.717) is 29.2 Å². The van der Waals surface area contributed by atoms with Gasteiger partial charge in [-0.25, -0.2) is 23.1 Å². The number of aliphatic carboxylic acids is 1. The average Bonchev–Trinajstić information content (AvgIpc) is 2.99. The Morgan fingerprint density at radius 2 is 1.83 bits per heavy atom. The highest BCUT2D eigenvalue weighted by atomic mass is 19.1. The summed E-state index contributed by atoms with van der Waals surface area (Å²) in [5.74, 6) is -3.92. The predicted octanol–water partition coefficient (Wildman–Crippen LogP) is 4.23. The normalized spacial score (nSPS) is 12.4. The summed E-state index contributed by atoms with van der Waals surface area (Å²) >= 11 is 0. The van der Waals surface area contributed by atoms with Gasteiger partial charge in [-0.3, -0.25) is 9.36 Å². The monoisotopic (exact) mass is 422 g/mol. The lowest BCUT2D eigenvalue weighted by molar-refractivity contribution is -0.137. The number of rotatable bonds is 8. The van der Waals surface area contributed by atoms with Crippen molar-refractivity contribution < 1.29 is 23.1 Å². The quantitative estimate of drug-likeness (QED) is 0.499. The molecule has 2 aromatic heterocycles. The number of nitrogens with zero attached hydrogens (tertiary/aromatic N) is 4. The molecule has 0 aliphatic carbocycles. The van der Waals surface area contributed by atoms with Crippen molar-refractivity contribution in [1.29, 1.82) is 0 Å². The van der Waals surface area contributed by atoms with E-state index >= 15 is 0 Å². The highest BCUT2D eigenvalue weighted by Crippen LogP contribution is 2.30. The lowest BCUT2D eigenvalue weighted by Gasteiger charge is -2.18. The van der Waals surface area contributed by atoms with E-state index in [1.165, 1.54) is 6.20 Å². The molecule has 160 valence electrons. The van der Waals surface area contributed by atoms with Crippen molar-refractivity contribution in [3.05, 3.63) is 35.8 Å². The van der Waals surface area contributed by atoms with Crippen molar-refractivity contribution in [2.75, 3.05) is 10.6 Å². The maximum atomic E-state index is 14.2. The van der Waals surface area contributed by atoms with Gasteiger partial charge in [0.05, 0.1) is 6.20 Å². The third-order valence-electron chi connectivity index (χ3n) is 4.31. The summed E-state index contributed by atoms with van der Waals surface area (Å²) < 4.78 is 43.1. The molecular formula is C19H21F3N6O2. The molecule has 1 atom stereocenters. The molecule has 1 aromatic carbocycles. The van der Waals surface area contributed by atoms with Crippen molar-refractivity contribution in [2.45, 2.75) is 45.7 Å². The number of nitrogens with one attached hydrogen (secondary N) is 2. The molecule has 8 nitrogen and oxygen atoms in total. The SMILES string of the molecule is CC(C)Nc1ncc2nc(Nc3c(F)cc(F)cc3F)n(C(C)CCC(=O)O)c2n1. The molecule has 30 heavy (non-hydrogen) atoms. The van der Waals surface area contributed by atoms with Gasteiger partial charge in [-0.05, 0) is 27.2 Å². The van der Waals surface area contributed by atoms with E-state index in [4.69, 9.17) is 5.11 Å². The Hall–Kier alpha value is -3.37. The predicted molar refractivity (Wildman–Crippen MR) is 105 cm³/mol. The van der Waals surface area contributed by atoms with Gasteiger partial charge in [0.2, 0.25) is 11.9 Å². The zero-order valence-electron chi connectivity index (χ0n) is 16.6. The second-order valence-electron chi connectivity index (χ2n) is 7.16. The van der Waals surface area contributed by atoms with E-state index in [2.05, 4.69) is 25.6 Å². The van der Waals surface area contributed by atoms with Crippen LogP contribution in [-0.2, 0) is 4.79 Å². The van der Waals surface area contributed by atoms with E-state index < -0.39 is 35.2 Å². The Balaban J connectivity index is 2.10. The van der Waals surface area contributed by atoms with Gasteiger partial charge in [-0.2, -0.15) is 4.98 Å². The van der Waals surface area contributed by atoms with Crippen LogP contribution < -0.4 is 10.6 Å². The third-order valence-corrected chi connectivity index (χ3v) is 4.31. The number of benzene rings is 1. The number of hydrogen-bond acceptors (Lipinski definition) is 6. The fourth-order valence-electron chi connectivity index (χ4n) is 2.96. The minimum Gasteiger partial charge on any atom is -0.481 e. The number of carboxylic acids is 1. The molecule has 2 heterocycles. The molecule has 0 aliphatic rings. The van der Waals surface area contributed by atoms with Crippen LogP contribution in [0.25, 0.3) is 11.2 Å². The number of aromatic nitrogens is 4. The van der Waals surface area contributed by atoms with Crippen molar-refractivity contribution in [3.63, 3.8) is 0 Å². The fraction of sp³-hybridized carbons (Fsp3) is 0.368. The first kappa shape index (κ1) is 21.3. The smallest absolute Gasteiger partial charge is 0.303 e. The van der Waals surface area contributed by atoms with E-state index in [9.17, 15) is 18.0 Å². The molecule has 3 aromatic rings. The number of carbonyl (C=O) groups is 1. The van der Waals surface area contributed by atoms with Crippen LogP contribution in [0.1, 0.15) is 39.7 Å². The Bertz CT molecular complexity index is 1060. The van der Waals surface area contributed by atoms with E-state index in [1.807, 2.05) is 13.8 Å². The van der Waals surface area contributed by atoms with E-state index in [0.717, 1.165) is 0 Å². The molecule has 3 N–H and O–H groups in total. The van der Waals surface area contributed by atoms with Gasteiger partial charge in [0, 0.05) is 30.6 Å². The van der Waals surface area contributed by atoms with Crippen molar-refractivity contribution in [2.24, 2.45) is 0 Å². The Morgan fingerprint density at radius 3 is 2.43 bits per heavy atom. The van der Waals surface area contributed by atoms with Gasteiger partial charge >= 0.3 is 5.97 Å². The van der Waals surface area contributed by atoms with Crippen LogP contribution in [0.3, 0.4) is 0 Å². The van der Waals surface area contributed by atoms with Crippen molar-refractivity contribution in [3.8, 4) is 0 Å². The molecule has 0 bridgehead atoms. The summed E-state index contributed by atoms with van der Waals surface area (Å²) in [7, 11) is 0. The van der Waals surface area contributed by atoms with Crippen LogP contribution in [0.2, 0.25) is 0 Å². The van der Waals surface area contributed by atoms with Gasteiger partial charge in [-0.1, -0.05) is 0 Å². The minimum absolute atomic E-state index is 0.0308. The number of fused-ring (bicyclic) bond motifs is 1. The molecule has 3 rings (SSSR count). The molecule has 1 unspecified atom stereocenters. The van der Waals surface area contributed by atoms with Gasteiger partial charge in [0.25, 0.3) is 0 Å². The molecule has 0 amide bonds. The topological polar surface area (TPSA) is 105 Å². The molecular weight excluding hydrogens is 401 g/mol. The first-order valence-electron chi connectivity index (χ1n) is 9.30. The average molecular weight is 422 g/mol. The summed E-state index contributed by atoms with van der Waals surface area (Å²) in [5.41, 5.74) is 0.125. The third kappa shape index (κ3) is 4.61. The van der Waals surface area contributed by atoms with E-state index in [-0.39, 0.29) is 24.8 Å². The van der Waals surface area contributed by atoms with Crippen molar-refractivity contribution >= 4 is 34.7 Å². The van der Waals surface area contributed by atoms with Gasteiger partial charge < -0.3 is 15.7 Å². The zero-order valence-corrected chi connectivity index (χ0v) is 16.6. The van der Waals surface area contributed by atoms with Crippen LogP contribution in [0.5, 0.6) is 0 Å². The number of carboxylic acid groups (broad SMARTS) is 1. The van der Waals surface area contributed by atoms with Crippen LogP contribution in [-0.4, -0.2) is 36.6 Å². The molecule has 0 spiro atoms. The van der Waals surface area contributed by atoms with Crippen LogP contribution in [0.4, 0.5) is 30.8 Å². The molecule has 0 saturated heterocycles. The first-order valence-corrected chi connectivity index (χ1v) is 9.30. The summed E-state index contributed by atoms with van der Waals surface area (Å²) in [6, 6.07) is 0.734. The lowest BCUT2D eigenvalue weighted by Crippen LogP contribution is -2.14. The number of halogens is 3. The largest absolute Gasteiger partial charge is 0.481 e. The summed E-state index contributed by atoms with van der Waals surface area (Å²) in [4.78, 5) is 23.9. The molecule has 0 saturated carbocycles. The molecule has 0 fully saturated rings. The summed E-state index contributed by atoms with van der Waals surface area (Å²) in [6.45, 7) is 5.56. The van der Waals surface area contributed by atoms with Crippen LogP contribution in [0, 0.1) is 17.5 Å². The second kappa shape index (κ2) is 8.56. The Kier molecular flexibility index (Phi) is 6.09. The maximum absolute atomic E-state index is 14.2. The fourth-order valence-corrected chi connectivity index (χ4v) is 2.96. The number of imidazole rings is 1. The van der Waals surface area contributed by atoms with Crippen LogP contribution in [0.15, 0.2) is 18.3 Å². The summed E-state index contributed by atoms with van der Waals surface area (Å²) in [5, 5.41) is 14.6. The maximum Gasteiger partial charge on any atom is 0.303 e. The zero-order chi connectivity index (χ0) is 22.0. The highest BCUT2D eigenvalue weighted by molar-refractivity contribution is 5.77. The van der Waals surface area contributed by atoms with E-state index in [1.54, 1.807) is 11.5 Å². The molecule has 11 heteroatoms. The standard InChI is InChI=1S/C19H21F3N6O2/c1-9(2)24-18-23-8-14-17(27-18)28(10(3)4-5-15(29)30)19(25-14)26-16-12(21)6-11(20)7-13(16)22/h6-10H,4-5H2,1-3H3,(H,25,26)(H,29,30)(H,23,24,27). The number of hydrogen-bond donors (Lipinski definition) is 3. The molecule has 0 radical (unpaired) electrons. The van der Waals surface area contributed by atoms with Crippen LogP contribution >= 0.6 is 0 Å². The molecule has 0 aliphatic heterocycles. The lowest BCUT2D eigenvalue weighted by atomic mass is 10.2. The summed E-state index contributed by atoms with van der Waals surface area (Å²) in [6.07, 6.45) is 1.55. The van der Waals surface area contributed by atoms with Gasteiger partial charge in [0.15, 0.2) is 17.3 Å².